The third kappa shape index (κ3) is 7.82. The van der Waals surface area contributed by atoms with Gasteiger partial charge in [0.1, 0.15) is 5.82 Å². The Balaban J connectivity index is 1.75. The molecule has 1 fully saturated rings. The molecule has 0 radical (unpaired) electrons. The van der Waals surface area contributed by atoms with E-state index >= 15 is 0 Å². The van der Waals surface area contributed by atoms with E-state index in [1.165, 1.54) is 12.1 Å². The van der Waals surface area contributed by atoms with Crippen molar-refractivity contribution in [2.75, 3.05) is 39.5 Å². The summed E-state index contributed by atoms with van der Waals surface area (Å²) in [6.45, 7) is 1.70. The van der Waals surface area contributed by atoms with E-state index in [1.807, 2.05) is 18.0 Å². The van der Waals surface area contributed by atoms with Crippen LogP contribution in [0, 0.1) is 5.82 Å². The molecule has 1 aromatic carbocycles. The third-order valence-corrected chi connectivity index (χ3v) is 5.69. The van der Waals surface area contributed by atoms with Crippen molar-refractivity contribution in [3.05, 3.63) is 35.6 Å². The highest BCUT2D eigenvalue weighted by Gasteiger charge is 2.18. The fourth-order valence-corrected chi connectivity index (χ4v) is 3.88. The van der Waals surface area contributed by atoms with Crippen LogP contribution in [0.2, 0.25) is 0 Å². The van der Waals surface area contributed by atoms with Gasteiger partial charge in [-0.15, -0.1) is 0 Å². The van der Waals surface area contributed by atoms with Crippen LogP contribution in [0.25, 0.3) is 0 Å². The summed E-state index contributed by atoms with van der Waals surface area (Å²) in [6, 6.07) is 6.34. The highest BCUT2D eigenvalue weighted by atomic mass is 32.2. The summed E-state index contributed by atoms with van der Waals surface area (Å²) >= 11 is 0. The van der Waals surface area contributed by atoms with Crippen LogP contribution < -0.4 is 10.0 Å². The Hall–Kier alpha value is -1.71. The summed E-state index contributed by atoms with van der Waals surface area (Å²) < 4.78 is 45.7. The fourth-order valence-electron chi connectivity index (χ4n) is 2.93. The standard InChI is InChI=1S/C18H29FN4O3S/c1-20-18(23(2)14-15-6-5-7-16(19)12-15)21-9-11-27(24,25)22-13-17-8-3-4-10-26-17/h5-7,12,17,22H,3-4,8-11,13-14H2,1-2H3,(H,20,21). The predicted molar refractivity (Wildman–Crippen MR) is 105 cm³/mol. The molecule has 9 heteroatoms. The maximum absolute atomic E-state index is 13.3. The Morgan fingerprint density at radius 1 is 1.41 bits per heavy atom. The van der Waals surface area contributed by atoms with Crippen LogP contribution in [0.3, 0.4) is 0 Å². The molecule has 1 saturated heterocycles. The van der Waals surface area contributed by atoms with Gasteiger partial charge in [0.05, 0.1) is 11.9 Å². The van der Waals surface area contributed by atoms with Crippen LogP contribution in [-0.4, -0.2) is 64.9 Å². The first kappa shape index (κ1) is 21.6. The van der Waals surface area contributed by atoms with Crippen LogP contribution >= 0.6 is 0 Å². The van der Waals surface area contributed by atoms with Crippen molar-refractivity contribution < 1.29 is 17.5 Å². The van der Waals surface area contributed by atoms with Crippen molar-refractivity contribution in [1.82, 2.24) is 14.9 Å². The van der Waals surface area contributed by atoms with Gasteiger partial charge in [0.2, 0.25) is 10.0 Å². The van der Waals surface area contributed by atoms with E-state index in [0.29, 0.717) is 25.7 Å². The molecule has 2 rings (SSSR count). The maximum Gasteiger partial charge on any atom is 0.213 e. The van der Waals surface area contributed by atoms with E-state index in [-0.39, 0.29) is 24.2 Å². The van der Waals surface area contributed by atoms with Crippen molar-refractivity contribution in [2.45, 2.75) is 31.9 Å². The number of hydrogen-bond donors (Lipinski definition) is 2. The minimum atomic E-state index is -3.39. The molecule has 1 aromatic rings. The zero-order valence-corrected chi connectivity index (χ0v) is 16.8. The number of halogens is 1. The molecule has 1 heterocycles. The van der Waals surface area contributed by atoms with E-state index in [2.05, 4.69) is 15.0 Å². The molecular formula is C18H29FN4O3S. The van der Waals surface area contributed by atoms with Gasteiger partial charge in [-0.2, -0.15) is 0 Å². The predicted octanol–water partition coefficient (Wildman–Crippen LogP) is 1.32. The zero-order valence-electron chi connectivity index (χ0n) is 15.9. The summed E-state index contributed by atoms with van der Waals surface area (Å²) in [5.41, 5.74) is 0.808. The average Bonchev–Trinajstić information content (AvgIpc) is 2.64. The van der Waals surface area contributed by atoms with Gasteiger partial charge in [-0.1, -0.05) is 12.1 Å². The molecule has 2 N–H and O–H groups in total. The molecule has 0 spiro atoms. The van der Waals surface area contributed by atoms with Crippen molar-refractivity contribution in [3.8, 4) is 0 Å². The normalized spacial score (nSPS) is 18.3. The van der Waals surface area contributed by atoms with E-state index in [1.54, 1.807) is 13.1 Å². The fraction of sp³-hybridized carbons (Fsp3) is 0.611. The van der Waals surface area contributed by atoms with Crippen LogP contribution in [0.4, 0.5) is 4.39 Å². The lowest BCUT2D eigenvalue weighted by atomic mass is 10.1. The molecule has 1 aliphatic rings. The highest BCUT2D eigenvalue weighted by Crippen LogP contribution is 2.11. The minimum Gasteiger partial charge on any atom is -0.377 e. The number of hydrogen-bond acceptors (Lipinski definition) is 4. The van der Waals surface area contributed by atoms with Gasteiger partial charge in [-0.25, -0.2) is 17.5 Å². The van der Waals surface area contributed by atoms with E-state index in [4.69, 9.17) is 4.74 Å². The topological polar surface area (TPSA) is 83.0 Å². The summed E-state index contributed by atoms with van der Waals surface area (Å²) in [6.07, 6.45) is 2.96. The molecule has 152 valence electrons. The minimum absolute atomic E-state index is 0.0355. The van der Waals surface area contributed by atoms with Crippen molar-refractivity contribution in [1.29, 1.82) is 0 Å². The second-order valence-corrected chi connectivity index (χ2v) is 8.54. The van der Waals surface area contributed by atoms with Crippen molar-refractivity contribution >= 4 is 16.0 Å². The molecule has 1 unspecified atom stereocenters. The first-order chi connectivity index (χ1) is 12.9. The zero-order chi connectivity index (χ0) is 19.7. The monoisotopic (exact) mass is 400 g/mol. The second kappa shape index (κ2) is 10.6. The number of aliphatic imine (C=N–C) groups is 1. The number of guanidine groups is 1. The summed E-state index contributed by atoms with van der Waals surface area (Å²) in [4.78, 5) is 5.96. The van der Waals surface area contributed by atoms with Gasteiger partial charge in [0.25, 0.3) is 0 Å². The number of nitrogens with one attached hydrogen (secondary N) is 2. The number of sulfonamides is 1. The first-order valence-electron chi connectivity index (χ1n) is 9.15. The number of benzene rings is 1. The number of rotatable bonds is 8. The van der Waals surface area contributed by atoms with Crippen LogP contribution in [0.1, 0.15) is 24.8 Å². The molecule has 0 aromatic heterocycles. The molecule has 0 amide bonds. The molecule has 0 saturated carbocycles. The first-order valence-corrected chi connectivity index (χ1v) is 10.8. The Bertz CT molecular complexity index is 721. The summed E-state index contributed by atoms with van der Waals surface area (Å²) in [7, 11) is 0.0448. The Labute approximate surface area is 161 Å². The lowest BCUT2D eigenvalue weighted by molar-refractivity contribution is 0.0200. The summed E-state index contributed by atoms with van der Waals surface area (Å²) in [5, 5.41) is 3.03. The smallest absolute Gasteiger partial charge is 0.213 e. The Kier molecular flexibility index (Phi) is 8.46. The van der Waals surface area contributed by atoms with Gasteiger partial charge in [-0.3, -0.25) is 4.99 Å². The average molecular weight is 401 g/mol. The molecule has 1 aliphatic heterocycles. The van der Waals surface area contributed by atoms with Crippen LogP contribution in [0.5, 0.6) is 0 Å². The molecule has 0 aliphatic carbocycles. The quantitative estimate of drug-likeness (QED) is 0.508. The van der Waals surface area contributed by atoms with E-state index in [0.717, 1.165) is 24.8 Å². The third-order valence-electron chi connectivity index (χ3n) is 4.34. The van der Waals surface area contributed by atoms with Gasteiger partial charge in [-0.05, 0) is 37.0 Å². The molecule has 27 heavy (non-hydrogen) atoms. The summed E-state index contributed by atoms with van der Waals surface area (Å²) in [5.74, 6) is 0.194. The maximum atomic E-state index is 13.3. The van der Waals surface area contributed by atoms with Gasteiger partial charge < -0.3 is 15.0 Å². The number of ether oxygens (including phenoxy) is 1. The Morgan fingerprint density at radius 2 is 2.22 bits per heavy atom. The van der Waals surface area contributed by atoms with Gasteiger partial charge >= 0.3 is 0 Å². The number of nitrogens with zero attached hydrogens (tertiary/aromatic N) is 2. The van der Waals surface area contributed by atoms with E-state index < -0.39 is 10.0 Å². The second-order valence-electron chi connectivity index (χ2n) is 6.62. The van der Waals surface area contributed by atoms with Crippen LogP contribution in [-0.2, 0) is 21.3 Å². The molecule has 0 bridgehead atoms. The van der Waals surface area contributed by atoms with Crippen molar-refractivity contribution in [3.63, 3.8) is 0 Å². The lowest BCUT2D eigenvalue weighted by Crippen LogP contribution is -2.43. The van der Waals surface area contributed by atoms with Gasteiger partial charge in [0.15, 0.2) is 5.96 Å². The van der Waals surface area contributed by atoms with Gasteiger partial charge in [0, 0.05) is 40.3 Å². The molecular weight excluding hydrogens is 371 g/mol. The lowest BCUT2D eigenvalue weighted by Gasteiger charge is -2.23. The SMILES string of the molecule is CN=C(NCCS(=O)(=O)NCC1CCCCO1)N(C)Cc1cccc(F)c1. The van der Waals surface area contributed by atoms with Crippen molar-refractivity contribution in [2.24, 2.45) is 4.99 Å². The largest absolute Gasteiger partial charge is 0.377 e. The van der Waals surface area contributed by atoms with Crippen LogP contribution in [0.15, 0.2) is 29.3 Å². The Morgan fingerprint density at radius 3 is 2.89 bits per heavy atom. The van der Waals surface area contributed by atoms with E-state index in [9.17, 15) is 12.8 Å². The molecule has 1 atom stereocenters. The highest BCUT2D eigenvalue weighted by molar-refractivity contribution is 7.89. The molecule has 7 nitrogen and oxygen atoms in total.